The standard InChI is InChI=1S/C23H25F3N4O4/c1-4-29(15-31)21(27-2)20(22(32)28-3)30(14-17-9-6-5-7-10-17)16-33-18-11-8-12-19(13-18)34-23(24,25)26/h5-13,15H,2,4,14,16H2,1,3H3,(H,28,32)/b21-20+. The Morgan fingerprint density at radius 3 is 2.38 bits per heavy atom. The lowest BCUT2D eigenvalue weighted by Gasteiger charge is -2.29. The molecule has 0 aliphatic heterocycles. The van der Waals surface area contributed by atoms with E-state index in [2.05, 4.69) is 21.8 Å². The summed E-state index contributed by atoms with van der Waals surface area (Å²) in [7, 11) is 1.42. The Hall–Kier alpha value is -4.02. The summed E-state index contributed by atoms with van der Waals surface area (Å²) in [6.45, 7) is 5.31. The van der Waals surface area contributed by atoms with Crippen LogP contribution in [-0.2, 0) is 16.1 Å². The van der Waals surface area contributed by atoms with Crippen LogP contribution in [0.15, 0.2) is 71.1 Å². The molecule has 0 aliphatic carbocycles. The number of aliphatic imine (C=N–C) groups is 1. The fourth-order valence-corrected chi connectivity index (χ4v) is 2.99. The first-order valence-corrected chi connectivity index (χ1v) is 10.1. The molecule has 8 nitrogen and oxygen atoms in total. The summed E-state index contributed by atoms with van der Waals surface area (Å²) in [6.07, 6.45) is -4.33. The number of amides is 2. The highest BCUT2D eigenvalue weighted by atomic mass is 19.4. The Morgan fingerprint density at radius 1 is 1.15 bits per heavy atom. The second-order valence-corrected chi connectivity index (χ2v) is 6.78. The van der Waals surface area contributed by atoms with Gasteiger partial charge in [0.2, 0.25) is 6.41 Å². The van der Waals surface area contributed by atoms with Crippen LogP contribution in [0.2, 0.25) is 0 Å². The highest BCUT2D eigenvalue weighted by Gasteiger charge is 2.31. The third kappa shape index (κ3) is 7.54. The first-order valence-electron chi connectivity index (χ1n) is 10.1. The van der Waals surface area contributed by atoms with Gasteiger partial charge in [0.15, 0.2) is 12.6 Å². The van der Waals surface area contributed by atoms with Gasteiger partial charge in [0.05, 0.1) is 0 Å². The maximum Gasteiger partial charge on any atom is 0.573 e. The number of likely N-dealkylation sites (N-methyl/N-ethyl adjacent to an activating group) is 1. The molecule has 2 amide bonds. The number of carbonyl (C=O) groups is 2. The number of nitrogens with one attached hydrogen (secondary N) is 1. The van der Waals surface area contributed by atoms with Crippen molar-refractivity contribution in [3.8, 4) is 11.5 Å². The Morgan fingerprint density at radius 2 is 1.82 bits per heavy atom. The van der Waals surface area contributed by atoms with Crippen molar-refractivity contribution in [3.63, 3.8) is 0 Å². The van der Waals surface area contributed by atoms with E-state index in [1.54, 1.807) is 6.92 Å². The number of nitrogens with zero attached hydrogens (tertiary/aromatic N) is 3. The predicted molar refractivity (Wildman–Crippen MR) is 120 cm³/mol. The summed E-state index contributed by atoms with van der Waals surface area (Å²) in [5, 5.41) is 2.51. The van der Waals surface area contributed by atoms with Gasteiger partial charge in [-0.3, -0.25) is 14.5 Å². The van der Waals surface area contributed by atoms with E-state index >= 15 is 0 Å². The zero-order valence-electron chi connectivity index (χ0n) is 18.7. The van der Waals surface area contributed by atoms with Crippen LogP contribution in [-0.4, -0.2) is 55.5 Å². The third-order valence-electron chi connectivity index (χ3n) is 4.50. The van der Waals surface area contributed by atoms with Crippen molar-refractivity contribution in [3.05, 3.63) is 71.7 Å². The van der Waals surface area contributed by atoms with E-state index in [1.807, 2.05) is 30.3 Å². The number of carbonyl (C=O) groups excluding carboxylic acids is 2. The Bertz CT molecular complexity index is 1010. The molecule has 0 spiro atoms. The second kappa shape index (κ2) is 12.3. The van der Waals surface area contributed by atoms with E-state index in [9.17, 15) is 22.8 Å². The molecule has 0 aromatic heterocycles. The van der Waals surface area contributed by atoms with E-state index in [-0.39, 0.29) is 37.1 Å². The van der Waals surface area contributed by atoms with Crippen molar-refractivity contribution >= 4 is 19.0 Å². The topological polar surface area (TPSA) is 83.5 Å². The Kier molecular flexibility index (Phi) is 9.48. The van der Waals surface area contributed by atoms with Gasteiger partial charge < -0.3 is 19.7 Å². The monoisotopic (exact) mass is 478 g/mol. The number of alkyl halides is 3. The average molecular weight is 478 g/mol. The summed E-state index contributed by atoms with van der Waals surface area (Å²) in [5.41, 5.74) is 0.803. The van der Waals surface area contributed by atoms with Gasteiger partial charge in [0.1, 0.15) is 17.2 Å². The fourth-order valence-electron chi connectivity index (χ4n) is 2.99. The van der Waals surface area contributed by atoms with Gasteiger partial charge in [-0.2, -0.15) is 0 Å². The second-order valence-electron chi connectivity index (χ2n) is 6.78. The molecule has 0 unspecified atom stereocenters. The largest absolute Gasteiger partial charge is 0.573 e. The normalized spacial score (nSPS) is 11.7. The van der Waals surface area contributed by atoms with Crippen LogP contribution < -0.4 is 14.8 Å². The first-order chi connectivity index (χ1) is 16.2. The van der Waals surface area contributed by atoms with Crippen molar-refractivity contribution in [1.82, 2.24) is 15.1 Å². The number of benzene rings is 2. The molecule has 182 valence electrons. The zero-order valence-corrected chi connectivity index (χ0v) is 18.7. The van der Waals surface area contributed by atoms with Crippen molar-refractivity contribution in [2.24, 2.45) is 4.99 Å². The lowest BCUT2D eigenvalue weighted by molar-refractivity contribution is -0.274. The summed E-state index contributed by atoms with van der Waals surface area (Å²) in [4.78, 5) is 31.0. The van der Waals surface area contributed by atoms with Crippen LogP contribution in [0, 0.1) is 0 Å². The van der Waals surface area contributed by atoms with Crippen LogP contribution in [0.3, 0.4) is 0 Å². The number of ether oxygens (including phenoxy) is 2. The van der Waals surface area contributed by atoms with Crippen LogP contribution in [0.25, 0.3) is 0 Å². The maximum atomic E-state index is 12.9. The Labute approximate surface area is 195 Å². The molecular formula is C23H25F3N4O4. The summed E-state index contributed by atoms with van der Waals surface area (Å²) < 4.78 is 47.3. The van der Waals surface area contributed by atoms with Gasteiger partial charge in [-0.05, 0) is 31.3 Å². The minimum absolute atomic E-state index is 0.00185. The van der Waals surface area contributed by atoms with E-state index in [1.165, 1.54) is 29.0 Å². The molecule has 2 rings (SSSR count). The fraction of sp³-hybridized carbons (Fsp3) is 0.261. The van der Waals surface area contributed by atoms with Crippen molar-refractivity contribution < 1.29 is 32.2 Å². The average Bonchev–Trinajstić information content (AvgIpc) is 2.81. The van der Waals surface area contributed by atoms with E-state index in [4.69, 9.17) is 4.74 Å². The molecule has 0 heterocycles. The lowest BCUT2D eigenvalue weighted by atomic mass is 10.2. The molecule has 0 atom stereocenters. The molecule has 11 heteroatoms. The van der Waals surface area contributed by atoms with Crippen molar-refractivity contribution in [2.75, 3.05) is 20.3 Å². The summed E-state index contributed by atoms with van der Waals surface area (Å²) >= 11 is 0. The first kappa shape index (κ1) is 26.2. The lowest BCUT2D eigenvalue weighted by Crippen LogP contribution is -2.39. The molecule has 1 N–H and O–H groups in total. The molecule has 0 fully saturated rings. The van der Waals surface area contributed by atoms with Gasteiger partial charge in [0, 0.05) is 26.2 Å². The smallest absolute Gasteiger partial charge is 0.473 e. The molecule has 34 heavy (non-hydrogen) atoms. The SMILES string of the molecule is C=N/C(=C(/C(=O)NC)N(COc1cccc(OC(F)(F)F)c1)Cc1ccccc1)N(C=O)CC. The quantitative estimate of drug-likeness (QED) is 0.219. The van der Waals surface area contributed by atoms with Crippen molar-refractivity contribution in [2.45, 2.75) is 19.8 Å². The number of hydrogen-bond donors (Lipinski definition) is 1. The molecule has 0 aliphatic rings. The number of rotatable bonds is 12. The van der Waals surface area contributed by atoms with Crippen LogP contribution in [0.4, 0.5) is 13.2 Å². The van der Waals surface area contributed by atoms with Gasteiger partial charge in [-0.15, -0.1) is 13.2 Å². The van der Waals surface area contributed by atoms with E-state index < -0.39 is 18.0 Å². The van der Waals surface area contributed by atoms with Gasteiger partial charge in [-0.1, -0.05) is 36.4 Å². The van der Waals surface area contributed by atoms with Gasteiger partial charge in [-0.25, -0.2) is 4.99 Å². The molecule has 0 radical (unpaired) electrons. The molecular weight excluding hydrogens is 453 g/mol. The summed E-state index contributed by atoms with van der Waals surface area (Å²) in [5.74, 6) is -0.929. The molecule has 0 saturated heterocycles. The van der Waals surface area contributed by atoms with E-state index in [0.717, 1.165) is 17.7 Å². The van der Waals surface area contributed by atoms with Gasteiger partial charge in [0.25, 0.3) is 5.91 Å². The van der Waals surface area contributed by atoms with Crippen molar-refractivity contribution in [1.29, 1.82) is 0 Å². The molecule has 0 saturated carbocycles. The zero-order chi connectivity index (χ0) is 25.1. The molecule has 2 aromatic rings. The third-order valence-corrected chi connectivity index (χ3v) is 4.50. The van der Waals surface area contributed by atoms with Crippen LogP contribution in [0.1, 0.15) is 12.5 Å². The minimum Gasteiger partial charge on any atom is -0.473 e. The maximum absolute atomic E-state index is 12.9. The Balaban J connectivity index is 2.46. The molecule has 0 bridgehead atoms. The minimum atomic E-state index is -4.85. The number of halogens is 3. The highest BCUT2D eigenvalue weighted by molar-refractivity contribution is 5.93. The number of hydrogen-bond acceptors (Lipinski definition) is 6. The van der Waals surface area contributed by atoms with Gasteiger partial charge >= 0.3 is 6.36 Å². The predicted octanol–water partition coefficient (Wildman–Crippen LogP) is 3.52. The van der Waals surface area contributed by atoms with Crippen LogP contribution in [0.5, 0.6) is 11.5 Å². The summed E-state index contributed by atoms with van der Waals surface area (Å²) in [6, 6.07) is 14.1. The molecule has 2 aromatic carbocycles. The van der Waals surface area contributed by atoms with Crippen LogP contribution >= 0.6 is 0 Å². The highest BCUT2D eigenvalue weighted by Crippen LogP contribution is 2.27. The van der Waals surface area contributed by atoms with E-state index in [0.29, 0.717) is 6.41 Å².